The van der Waals surface area contributed by atoms with Crippen LogP contribution in [0.3, 0.4) is 0 Å². The average molecular weight is 571 g/mol. The van der Waals surface area contributed by atoms with Gasteiger partial charge in [0.1, 0.15) is 12.2 Å². The molecule has 0 bridgehead atoms. The predicted molar refractivity (Wildman–Crippen MR) is 130 cm³/mol. The van der Waals surface area contributed by atoms with Crippen molar-refractivity contribution in [2.75, 3.05) is 49.7 Å². The molecule has 0 aliphatic carbocycles. The molecule has 2 aliphatic rings. The molecule has 0 spiro atoms. The van der Waals surface area contributed by atoms with Gasteiger partial charge in [0.25, 0.3) is 5.56 Å². The molecule has 0 saturated carbocycles. The number of aromatic nitrogens is 3. The van der Waals surface area contributed by atoms with E-state index < -0.39 is 33.3 Å². The number of hydrogen-bond donors (Lipinski definition) is 2. The molecule has 1 saturated heterocycles. The van der Waals surface area contributed by atoms with Crippen molar-refractivity contribution in [3.8, 4) is 5.75 Å². The van der Waals surface area contributed by atoms with Crippen LogP contribution >= 0.6 is 11.6 Å². The number of nitrogens with one attached hydrogen (secondary N) is 2. The van der Waals surface area contributed by atoms with E-state index in [0.717, 1.165) is 6.20 Å². The summed E-state index contributed by atoms with van der Waals surface area (Å²) in [4.78, 5) is 32.6. The van der Waals surface area contributed by atoms with Gasteiger partial charge in [0, 0.05) is 37.1 Å². The van der Waals surface area contributed by atoms with Crippen LogP contribution in [0.5, 0.6) is 5.75 Å². The van der Waals surface area contributed by atoms with Gasteiger partial charge >= 0.3 is 6.18 Å². The molecule has 37 heavy (non-hydrogen) atoms. The topological polar surface area (TPSA) is 113 Å². The molecule has 2 atom stereocenters. The fourth-order valence-corrected chi connectivity index (χ4v) is 5.05. The van der Waals surface area contributed by atoms with Crippen LogP contribution in [0.1, 0.15) is 18.9 Å². The fourth-order valence-electron chi connectivity index (χ4n) is 4.18. The van der Waals surface area contributed by atoms with E-state index in [9.17, 15) is 22.8 Å². The largest absolute Gasteiger partial charge is 0.487 e. The van der Waals surface area contributed by atoms with Gasteiger partial charge in [0.05, 0.1) is 62.2 Å². The van der Waals surface area contributed by atoms with Crippen LogP contribution in [0.15, 0.2) is 23.3 Å². The molecule has 16 heteroatoms. The summed E-state index contributed by atoms with van der Waals surface area (Å²) in [5.74, 6) is 1.09. The number of H-pyrrole nitrogens is 1. The average Bonchev–Trinajstić information content (AvgIpc) is 2.79. The molecule has 2 N–H and O–H groups in total. The van der Waals surface area contributed by atoms with E-state index in [2.05, 4.69) is 35.9 Å². The van der Waals surface area contributed by atoms with Gasteiger partial charge in [-0.15, -0.1) is 0 Å². The Hall–Kier alpha value is -2.63. The molecule has 1 amide bonds. The first-order valence-electron chi connectivity index (χ1n) is 11.1. The highest BCUT2D eigenvalue weighted by Gasteiger charge is 2.44. The lowest BCUT2D eigenvalue weighted by molar-refractivity contribution is -0.138. The van der Waals surface area contributed by atoms with E-state index >= 15 is 0 Å². The number of fused-ring (bicyclic) bond motifs is 3. The number of aromatic amines is 1. The smallest absolute Gasteiger partial charge is 0.423 e. The van der Waals surface area contributed by atoms with Gasteiger partial charge in [-0.2, -0.15) is 18.3 Å². The molecular weight excluding hydrogens is 549 g/mol. The standard InChI is InChI=1S/C21H22ClF3N6O4Si2/c1-19(36,28-13-8-27-29-18(33)16(13)21(23,24)25)10-34-5-2-15(32)30-3-4-31-17-14(6-12(22)7-26-17)35-11-20(31,37)9-30/h6-8H,2-5,9-11H2,1H3,(H2,28,29,33)/t19-,20-/m0/s1. The fraction of sp³-hybridized carbons (Fsp3) is 0.524. The minimum absolute atomic E-state index is 0.0364. The molecule has 2 aromatic heterocycles. The molecule has 2 aromatic rings. The third-order valence-corrected chi connectivity index (χ3v) is 6.89. The normalized spacial score (nSPS) is 20.9. The second-order valence-electron chi connectivity index (χ2n) is 9.01. The van der Waals surface area contributed by atoms with Crippen molar-refractivity contribution in [2.45, 2.75) is 29.8 Å². The van der Waals surface area contributed by atoms with Crippen molar-refractivity contribution in [2.24, 2.45) is 0 Å². The summed E-state index contributed by atoms with van der Waals surface area (Å²) in [6.45, 7) is 3.08. The zero-order chi connectivity index (χ0) is 27.0. The van der Waals surface area contributed by atoms with Crippen molar-refractivity contribution in [3.63, 3.8) is 0 Å². The highest BCUT2D eigenvalue weighted by atomic mass is 35.5. The van der Waals surface area contributed by atoms with Crippen LogP contribution in [0.25, 0.3) is 0 Å². The molecule has 10 nitrogen and oxygen atoms in total. The van der Waals surface area contributed by atoms with E-state index in [0.29, 0.717) is 36.2 Å². The van der Waals surface area contributed by atoms with Crippen molar-refractivity contribution in [1.29, 1.82) is 0 Å². The number of rotatable bonds is 7. The summed E-state index contributed by atoms with van der Waals surface area (Å²) in [7, 11) is 7.11. The maximum atomic E-state index is 13.3. The van der Waals surface area contributed by atoms with Crippen LogP contribution in [0, 0.1) is 0 Å². The van der Waals surface area contributed by atoms with Crippen molar-refractivity contribution in [1.82, 2.24) is 20.1 Å². The Morgan fingerprint density at radius 1 is 1.38 bits per heavy atom. The highest BCUT2D eigenvalue weighted by molar-refractivity contribution is 6.30. The van der Waals surface area contributed by atoms with Crippen molar-refractivity contribution >= 4 is 49.5 Å². The number of halogens is 4. The minimum Gasteiger partial charge on any atom is -0.487 e. The molecule has 0 unspecified atom stereocenters. The van der Waals surface area contributed by atoms with Gasteiger partial charge in [-0.1, -0.05) is 11.6 Å². The first-order chi connectivity index (χ1) is 17.3. The summed E-state index contributed by atoms with van der Waals surface area (Å²) in [5.41, 5.74) is -3.25. The number of carbonyl (C=O) groups is 1. The summed E-state index contributed by atoms with van der Waals surface area (Å²) in [6, 6.07) is 1.70. The number of piperazine rings is 1. The van der Waals surface area contributed by atoms with Gasteiger partial charge in [-0.05, 0) is 6.92 Å². The van der Waals surface area contributed by atoms with Crippen LogP contribution in [0.2, 0.25) is 5.02 Å². The molecule has 6 radical (unpaired) electrons. The lowest BCUT2D eigenvalue weighted by Crippen LogP contribution is -2.68. The van der Waals surface area contributed by atoms with E-state index in [-0.39, 0.29) is 32.1 Å². The Kier molecular flexibility index (Phi) is 7.60. The number of hydrogen-bond acceptors (Lipinski definition) is 8. The second-order valence-corrected chi connectivity index (χ2v) is 11.5. The van der Waals surface area contributed by atoms with Gasteiger partial charge in [0.15, 0.2) is 11.6 Å². The molecule has 0 aromatic carbocycles. The molecule has 196 valence electrons. The number of carbonyl (C=O) groups excluding carboxylic acids is 1. The summed E-state index contributed by atoms with van der Waals surface area (Å²) in [5, 5.41) is 6.43. The molecule has 4 rings (SSSR count). The van der Waals surface area contributed by atoms with Gasteiger partial charge < -0.3 is 24.6 Å². The number of nitrogens with zero attached hydrogens (tertiary/aromatic N) is 4. The van der Waals surface area contributed by atoms with E-state index in [1.807, 2.05) is 4.90 Å². The van der Waals surface area contributed by atoms with Crippen molar-refractivity contribution < 1.29 is 27.4 Å². The predicted octanol–water partition coefficient (Wildman–Crippen LogP) is 1.15. The van der Waals surface area contributed by atoms with Crippen LogP contribution in [0.4, 0.5) is 24.7 Å². The number of alkyl halides is 3. The van der Waals surface area contributed by atoms with Crippen LogP contribution in [-0.4, -0.2) is 96.3 Å². The lowest BCUT2D eigenvalue weighted by Gasteiger charge is -2.51. The maximum absolute atomic E-state index is 13.3. The Labute approximate surface area is 221 Å². The quantitative estimate of drug-likeness (QED) is 0.377. The lowest BCUT2D eigenvalue weighted by atomic mass is 10.1. The molecule has 4 heterocycles. The molecular formula is C21H22ClF3N6O4Si2. The highest BCUT2D eigenvalue weighted by Crippen LogP contribution is 2.38. The third-order valence-electron chi connectivity index (χ3n) is 5.84. The Morgan fingerprint density at radius 2 is 2.14 bits per heavy atom. The van der Waals surface area contributed by atoms with E-state index in [4.69, 9.17) is 21.1 Å². The van der Waals surface area contributed by atoms with Gasteiger partial charge in [0.2, 0.25) is 5.91 Å². The summed E-state index contributed by atoms with van der Waals surface area (Å²) < 4.78 is 51.2. The van der Waals surface area contributed by atoms with Gasteiger partial charge in [-0.3, -0.25) is 9.59 Å². The minimum atomic E-state index is -4.88. The molecule has 1 fully saturated rings. The number of ether oxygens (including phenoxy) is 2. The van der Waals surface area contributed by atoms with Crippen LogP contribution < -0.4 is 20.5 Å². The Balaban J connectivity index is 1.29. The monoisotopic (exact) mass is 570 g/mol. The molecule has 2 aliphatic heterocycles. The van der Waals surface area contributed by atoms with E-state index in [1.165, 1.54) is 6.92 Å². The number of anilines is 2. The summed E-state index contributed by atoms with van der Waals surface area (Å²) in [6.07, 6.45) is -2.39. The van der Waals surface area contributed by atoms with Gasteiger partial charge in [-0.25, -0.2) is 10.1 Å². The van der Waals surface area contributed by atoms with E-state index in [1.54, 1.807) is 22.3 Å². The second kappa shape index (κ2) is 10.3. The maximum Gasteiger partial charge on any atom is 0.423 e. The first kappa shape index (κ1) is 27.4. The Morgan fingerprint density at radius 3 is 2.86 bits per heavy atom. The zero-order valence-corrected chi connectivity index (χ0v) is 22.4. The summed E-state index contributed by atoms with van der Waals surface area (Å²) >= 11 is 6.00. The van der Waals surface area contributed by atoms with Crippen LogP contribution in [-0.2, 0) is 15.7 Å². The third kappa shape index (κ3) is 6.10. The Bertz CT molecular complexity index is 1230. The SMILES string of the molecule is C[C@]([Si])(COCCC(=O)N1CCN2c3ncc(Cl)cc3OC[C@@]2([Si])C1)Nc1cn[nH]c(=O)c1C(F)(F)F. The first-order valence-corrected chi connectivity index (χ1v) is 12.5. The number of pyridine rings is 1. The zero-order valence-electron chi connectivity index (χ0n) is 19.6. The number of amides is 1. The van der Waals surface area contributed by atoms with Crippen molar-refractivity contribution in [3.05, 3.63) is 39.4 Å².